The molecule has 0 heterocycles. The van der Waals surface area contributed by atoms with Crippen molar-refractivity contribution in [2.45, 2.75) is 49.2 Å². The summed E-state index contributed by atoms with van der Waals surface area (Å²) in [5, 5.41) is 0. The molecule has 0 N–H and O–H groups in total. The molecule has 0 amide bonds. The Labute approximate surface area is 172 Å². The molecule has 7 heteroatoms. The Hall–Kier alpha value is -2.09. The maximum Gasteiger partial charge on any atom is 0.297 e. The van der Waals surface area contributed by atoms with E-state index in [1.807, 2.05) is 18.2 Å². The van der Waals surface area contributed by atoms with Gasteiger partial charge in [0, 0.05) is 0 Å². The lowest BCUT2D eigenvalue weighted by molar-refractivity contribution is -0.0440. The monoisotopic (exact) mass is 420 g/mol. The van der Waals surface area contributed by atoms with Gasteiger partial charge in [0.25, 0.3) is 10.1 Å². The second kappa shape index (κ2) is 10.1. The van der Waals surface area contributed by atoms with E-state index < -0.39 is 16.2 Å². The highest BCUT2D eigenvalue weighted by atomic mass is 32.2. The Kier molecular flexibility index (Phi) is 7.52. The zero-order valence-electron chi connectivity index (χ0n) is 16.9. The standard InChI is InChI=1S/C22H28O6S/c1-25-19-13-12-17(16-22(19)26-2)14-15-27-20-10-6-7-11-21(20)28-29(23,24)18-8-4-3-5-9-18/h3-5,8-9,12-13,16,20-21H,6-7,10-11,14-15H2,1-2H3. The van der Waals surface area contributed by atoms with E-state index in [9.17, 15) is 8.42 Å². The van der Waals surface area contributed by atoms with Gasteiger partial charge < -0.3 is 14.2 Å². The fourth-order valence-corrected chi connectivity index (χ4v) is 4.68. The first-order chi connectivity index (χ1) is 14.0. The van der Waals surface area contributed by atoms with Crippen LogP contribution in [0.1, 0.15) is 31.2 Å². The molecule has 0 bridgehead atoms. The normalized spacial score (nSPS) is 19.7. The Morgan fingerprint density at radius 1 is 0.897 bits per heavy atom. The topological polar surface area (TPSA) is 71.1 Å². The van der Waals surface area contributed by atoms with Crippen LogP contribution in [0.4, 0.5) is 0 Å². The van der Waals surface area contributed by atoms with Crippen molar-refractivity contribution in [3.8, 4) is 11.5 Å². The second-order valence-electron chi connectivity index (χ2n) is 7.03. The minimum atomic E-state index is -3.80. The molecule has 0 spiro atoms. The van der Waals surface area contributed by atoms with Gasteiger partial charge in [-0.25, -0.2) is 0 Å². The summed E-state index contributed by atoms with van der Waals surface area (Å²) in [6, 6.07) is 14.0. The molecule has 2 unspecified atom stereocenters. The quantitative estimate of drug-likeness (QED) is 0.572. The minimum absolute atomic E-state index is 0.176. The maximum atomic E-state index is 12.6. The number of ether oxygens (including phenoxy) is 3. The third-order valence-electron chi connectivity index (χ3n) is 5.09. The van der Waals surface area contributed by atoms with Crippen LogP contribution >= 0.6 is 0 Å². The molecular weight excluding hydrogens is 392 g/mol. The average molecular weight is 421 g/mol. The van der Waals surface area contributed by atoms with E-state index in [2.05, 4.69) is 0 Å². The first-order valence-electron chi connectivity index (χ1n) is 9.84. The molecule has 3 rings (SSSR count). The summed E-state index contributed by atoms with van der Waals surface area (Å²) in [4.78, 5) is 0.176. The number of methoxy groups -OCH3 is 2. The molecule has 6 nitrogen and oxygen atoms in total. The van der Waals surface area contributed by atoms with Crippen molar-refractivity contribution in [2.24, 2.45) is 0 Å². The molecule has 0 aromatic heterocycles. The van der Waals surface area contributed by atoms with E-state index in [0.29, 0.717) is 30.9 Å². The van der Waals surface area contributed by atoms with Gasteiger partial charge >= 0.3 is 0 Å². The third-order valence-corrected chi connectivity index (χ3v) is 6.44. The van der Waals surface area contributed by atoms with Crippen LogP contribution in [0, 0.1) is 0 Å². The van der Waals surface area contributed by atoms with E-state index in [1.165, 1.54) is 0 Å². The van der Waals surface area contributed by atoms with Gasteiger partial charge in [0.1, 0.15) is 6.10 Å². The lowest BCUT2D eigenvalue weighted by atomic mass is 9.95. The van der Waals surface area contributed by atoms with Gasteiger partial charge in [0.15, 0.2) is 11.5 Å². The summed E-state index contributed by atoms with van der Waals surface area (Å²) in [6.07, 6.45) is 3.40. The minimum Gasteiger partial charge on any atom is -0.493 e. The zero-order chi connectivity index (χ0) is 20.7. The Balaban J connectivity index is 1.59. The first kappa shape index (κ1) is 21.6. The number of hydrogen-bond donors (Lipinski definition) is 0. The Bertz CT molecular complexity index is 881. The molecule has 1 saturated carbocycles. The predicted octanol–water partition coefficient (Wildman–Crippen LogP) is 3.98. The summed E-state index contributed by atoms with van der Waals surface area (Å²) in [6.45, 7) is 0.478. The van der Waals surface area contributed by atoms with Crippen molar-refractivity contribution in [3.05, 3.63) is 54.1 Å². The summed E-state index contributed by atoms with van der Waals surface area (Å²) < 4.78 is 47.3. The predicted molar refractivity (Wildman–Crippen MR) is 110 cm³/mol. The molecule has 29 heavy (non-hydrogen) atoms. The molecule has 2 atom stereocenters. The van der Waals surface area contributed by atoms with Crippen molar-refractivity contribution in [3.63, 3.8) is 0 Å². The number of benzene rings is 2. The van der Waals surface area contributed by atoms with Crippen molar-refractivity contribution < 1.29 is 26.8 Å². The molecule has 158 valence electrons. The van der Waals surface area contributed by atoms with Crippen LogP contribution in [0.3, 0.4) is 0 Å². The van der Waals surface area contributed by atoms with Crippen LogP contribution < -0.4 is 9.47 Å². The first-order valence-corrected chi connectivity index (χ1v) is 11.2. The van der Waals surface area contributed by atoms with Crippen molar-refractivity contribution >= 4 is 10.1 Å². The lowest BCUT2D eigenvalue weighted by Gasteiger charge is -2.30. The molecule has 2 aromatic rings. The lowest BCUT2D eigenvalue weighted by Crippen LogP contribution is -2.36. The summed E-state index contributed by atoms with van der Waals surface area (Å²) in [7, 11) is -0.586. The van der Waals surface area contributed by atoms with E-state index in [0.717, 1.165) is 24.8 Å². The van der Waals surface area contributed by atoms with Crippen LogP contribution in [-0.4, -0.2) is 41.5 Å². The van der Waals surface area contributed by atoms with Crippen LogP contribution in [0.2, 0.25) is 0 Å². The number of hydrogen-bond acceptors (Lipinski definition) is 6. The summed E-state index contributed by atoms with van der Waals surface area (Å²) >= 11 is 0. The van der Waals surface area contributed by atoms with E-state index in [1.54, 1.807) is 44.6 Å². The largest absolute Gasteiger partial charge is 0.493 e. The maximum absolute atomic E-state index is 12.6. The SMILES string of the molecule is COc1ccc(CCOC2CCCCC2OS(=O)(=O)c2ccccc2)cc1OC. The average Bonchev–Trinajstić information content (AvgIpc) is 2.75. The van der Waals surface area contributed by atoms with Gasteiger partial charge in [-0.15, -0.1) is 0 Å². The molecule has 0 radical (unpaired) electrons. The molecule has 0 saturated heterocycles. The number of rotatable bonds is 9. The highest BCUT2D eigenvalue weighted by Gasteiger charge is 2.31. The van der Waals surface area contributed by atoms with E-state index >= 15 is 0 Å². The fourth-order valence-electron chi connectivity index (χ4n) is 3.53. The fraction of sp³-hybridized carbons (Fsp3) is 0.455. The van der Waals surface area contributed by atoms with Gasteiger partial charge in [-0.1, -0.05) is 37.1 Å². The molecule has 1 aliphatic rings. The van der Waals surface area contributed by atoms with Crippen molar-refractivity contribution in [2.75, 3.05) is 20.8 Å². The zero-order valence-corrected chi connectivity index (χ0v) is 17.7. The van der Waals surface area contributed by atoms with Gasteiger partial charge in [-0.2, -0.15) is 8.42 Å². The van der Waals surface area contributed by atoms with E-state index in [-0.39, 0.29) is 11.0 Å². The molecule has 1 fully saturated rings. The molecule has 0 aliphatic heterocycles. The summed E-state index contributed by atoms with van der Waals surface area (Å²) in [5.41, 5.74) is 1.06. The van der Waals surface area contributed by atoms with Gasteiger partial charge in [-0.3, -0.25) is 4.18 Å². The van der Waals surface area contributed by atoms with Crippen LogP contribution in [-0.2, 0) is 25.5 Å². The van der Waals surface area contributed by atoms with Crippen molar-refractivity contribution in [1.82, 2.24) is 0 Å². The van der Waals surface area contributed by atoms with Gasteiger partial charge in [0.2, 0.25) is 0 Å². The van der Waals surface area contributed by atoms with Crippen molar-refractivity contribution in [1.29, 1.82) is 0 Å². The second-order valence-corrected chi connectivity index (χ2v) is 8.61. The Morgan fingerprint density at radius 3 is 2.28 bits per heavy atom. The molecular formula is C22H28O6S. The molecule has 2 aromatic carbocycles. The summed E-state index contributed by atoms with van der Waals surface area (Å²) in [5.74, 6) is 1.36. The highest BCUT2D eigenvalue weighted by Crippen LogP contribution is 2.29. The molecule has 1 aliphatic carbocycles. The van der Waals surface area contributed by atoms with Gasteiger partial charge in [0.05, 0.1) is 31.8 Å². The van der Waals surface area contributed by atoms with Crippen LogP contribution in [0.5, 0.6) is 11.5 Å². The Morgan fingerprint density at radius 2 is 1.59 bits per heavy atom. The van der Waals surface area contributed by atoms with Gasteiger partial charge in [-0.05, 0) is 49.1 Å². The van der Waals surface area contributed by atoms with Crippen LogP contribution in [0.15, 0.2) is 53.4 Å². The highest BCUT2D eigenvalue weighted by molar-refractivity contribution is 7.86. The van der Waals surface area contributed by atoms with E-state index in [4.69, 9.17) is 18.4 Å². The van der Waals surface area contributed by atoms with Crippen LogP contribution in [0.25, 0.3) is 0 Å². The third kappa shape index (κ3) is 5.72. The smallest absolute Gasteiger partial charge is 0.297 e.